The van der Waals surface area contributed by atoms with Gasteiger partial charge < -0.3 is 5.32 Å². The van der Waals surface area contributed by atoms with Crippen LogP contribution in [-0.4, -0.2) is 4.98 Å². The number of hydrogen-bond donors (Lipinski definition) is 1. The van der Waals surface area contributed by atoms with E-state index in [0.29, 0.717) is 18.2 Å². The molecule has 0 unspecified atom stereocenters. The first-order valence-corrected chi connectivity index (χ1v) is 6.47. The standard InChI is InChI=1S/C12H5Cl3F4N2/c13-6-4-7(14)11(21-10(6)15)20-9-3-5(12(17,18)19)1-2-8(9)16/h1-4H,(H,20,21). The van der Waals surface area contributed by atoms with E-state index in [2.05, 4.69) is 10.3 Å². The fourth-order valence-electron chi connectivity index (χ4n) is 1.46. The quantitative estimate of drug-likeness (QED) is 0.530. The second-order valence-electron chi connectivity index (χ2n) is 3.91. The molecule has 0 aliphatic rings. The van der Waals surface area contributed by atoms with Crippen molar-refractivity contribution in [2.75, 3.05) is 5.32 Å². The first-order valence-electron chi connectivity index (χ1n) is 5.34. The predicted molar refractivity (Wildman–Crippen MR) is 74.0 cm³/mol. The van der Waals surface area contributed by atoms with Crippen LogP contribution in [0.25, 0.3) is 0 Å². The molecule has 0 aliphatic carbocycles. The number of rotatable bonds is 2. The molecule has 0 saturated carbocycles. The number of benzene rings is 1. The summed E-state index contributed by atoms with van der Waals surface area (Å²) in [5.41, 5.74) is -1.44. The van der Waals surface area contributed by atoms with Crippen LogP contribution in [0.1, 0.15) is 5.56 Å². The van der Waals surface area contributed by atoms with Crippen molar-refractivity contribution >= 4 is 46.3 Å². The largest absolute Gasteiger partial charge is 0.416 e. The topological polar surface area (TPSA) is 24.9 Å². The van der Waals surface area contributed by atoms with Gasteiger partial charge in [0, 0.05) is 0 Å². The van der Waals surface area contributed by atoms with Crippen molar-refractivity contribution in [2.24, 2.45) is 0 Å². The smallest absolute Gasteiger partial charge is 0.337 e. The molecule has 0 radical (unpaired) electrons. The molecule has 2 aromatic rings. The number of pyridine rings is 1. The summed E-state index contributed by atoms with van der Waals surface area (Å²) < 4.78 is 51.4. The van der Waals surface area contributed by atoms with Crippen LogP contribution in [-0.2, 0) is 6.18 Å². The summed E-state index contributed by atoms with van der Waals surface area (Å²) in [6, 6.07) is 3.17. The molecule has 2 nitrogen and oxygen atoms in total. The molecule has 112 valence electrons. The van der Waals surface area contributed by atoms with E-state index in [1.165, 1.54) is 6.07 Å². The molecule has 0 amide bonds. The first-order chi connectivity index (χ1) is 9.68. The Morgan fingerprint density at radius 1 is 1.00 bits per heavy atom. The SMILES string of the molecule is Fc1ccc(C(F)(F)F)cc1Nc1nc(Cl)c(Cl)cc1Cl. The van der Waals surface area contributed by atoms with Crippen molar-refractivity contribution < 1.29 is 17.6 Å². The first kappa shape index (κ1) is 16.1. The number of hydrogen-bond acceptors (Lipinski definition) is 2. The Morgan fingerprint density at radius 2 is 1.67 bits per heavy atom. The van der Waals surface area contributed by atoms with E-state index >= 15 is 0 Å². The zero-order valence-corrected chi connectivity index (χ0v) is 12.2. The molecule has 9 heteroatoms. The van der Waals surface area contributed by atoms with Gasteiger partial charge in [-0.05, 0) is 24.3 Å². The van der Waals surface area contributed by atoms with Gasteiger partial charge in [-0.1, -0.05) is 34.8 Å². The third-order valence-corrected chi connectivity index (χ3v) is 3.39. The van der Waals surface area contributed by atoms with Crippen LogP contribution in [0.3, 0.4) is 0 Å². The molecule has 0 fully saturated rings. The Morgan fingerprint density at radius 3 is 2.29 bits per heavy atom. The Bertz CT molecular complexity index is 689. The monoisotopic (exact) mass is 358 g/mol. The summed E-state index contributed by atoms with van der Waals surface area (Å²) in [6.45, 7) is 0. The third kappa shape index (κ3) is 3.70. The van der Waals surface area contributed by atoms with Crippen molar-refractivity contribution in [3.63, 3.8) is 0 Å². The van der Waals surface area contributed by atoms with E-state index in [9.17, 15) is 17.6 Å². The Kier molecular flexibility index (Phi) is 4.51. The lowest BCUT2D eigenvalue weighted by atomic mass is 10.2. The number of aromatic nitrogens is 1. The van der Waals surface area contributed by atoms with Gasteiger partial charge in [-0.15, -0.1) is 0 Å². The second-order valence-corrected chi connectivity index (χ2v) is 5.08. The highest BCUT2D eigenvalue weighted by Gasteiger charge is 2.31. The summed E-state index contributed by atoms with van der Waals surface area (Å²) in [5, 5.41) is 2.30. The number of nitrogens with zero attached hydrogens (tertiary/aromatic N) is 1. The van der Waals surface area contributed by atoms with Crippen LogP contribution in [0.15, 0.2) is 24.3 Å². The molecule has 0 aliphatic heterocycles. The Hall–Kier alpha value is -1.24. The van der Waals surface area contributed by atoms with E-state index in [0.717, 1.165) is 0 Å². The maximum Gasteiger partial charge on any atom is 0.416 e. The molecule has 1 heterocycles. The summed E-state index contributed by atoms with van der Waals surface area (Å²) in [6.07, 6.45) is -4.60. The van der Waals surface area contributed by atoms with Crippen LogP contribution < -0.4 is 5.32 Å². The van der Waals surface area contributed by atoms with Crippen molar-refractivity contribution in [1.29, 1.82) is 0 Å². The van der Waals surface area contributed by atoms with Crippen molar-refractivity contribution in [2.45, 2.75) is 6.18 Å². The van der Waals surface area contributed by atoms with Crippen LogP contribution in [0.4, 0.5) is 29.1 Å². The molecule has 21 heavy (non-hydrogen) atoms. The summed E-state index contributed by atoms with van der Waals surface area (Å²) in [5.74, 6) is -1.00. The summed E-state index contributed by atoms with van der Waals surface area (Å²) in [7, 11) is 0. The normalized spacial score (nSPS) is 11.6. The van der Waals surface area contributed by atoms with Gasteiger partial charge in [0.25, 0.3) is 0 Å². The molecular weight excluding hydrogens is 354 g/mol. The van der Waals surface area contributed by atoms with Gasteiger partial charge >= 0.3 is 6.18 Å². The molecule has 0 bridgehead atoms. The lowest BCUT2D eigenvalue weighted by Gasteiger charge is -2.12. The number of alkyl halides is 3. The Balaban J connectivity index is 2.42. The van der Waals surface area contributed by atoms with Crippen molar-refractivity contribution in [3.05, 3.63) is 50.8 Å². The maximum absolute atomic E-state index is 13.6. The molecular formula is C12H5Cl3F4N2. The van der Waals surface area contributed by atoms with Gasteiger partial charge in [0.1, 0.15) is 11.0 Å². The van der Waals surface area contributed by atoms with Crippen molar-refractivity contribution in [1.82, 2.24) is 4.98 Å². The highest BCUT2D eigenvalue weighted by atomic mass is 35.5. The fourth-order valence-corrected chi connectivity index (χ4v) is 2.00. The highest BCUT2D eigenvalue weighted by Crippen LogP contribution is 2.35. The van der Waals surface area contributed by atoms with Crippen molar-refractivity contribution in [3.8, 4) is 0 Å². The average Bonchev–Trinajstić information content (AvgIpc) is 2.37. The van der Waals surface area contributed by atoms with Crippen LogP contribution in [0, 0.1) is 5.82 Å². The van der Waals surface area contributed by atoms with Gasteiger partial charge in [0.15, 0.2) is 5.82 Å². The fraction of sp³-hybridized carbons (Fsp3) is 0.0833. The molecule has 1 aromatic carbocycles. The molecule has 2 rings (SSSR count). The average molecular weight is 360 g/mol. The molecule has 1 N–H and O–H groups in total. The second kappa shape index (κ2) is 5.87. The number of halogens is 7. The minimum absolute atomic E-state index is 0.0128. The maximum atomic E-state index is 13.6. The molecule has 0 saturated heterocycles. The van der Waals surface area contributed by atoms with Gasteiger partial charge in [-0.25, -0.2) is 9.37 Å². The minimum atomic E-state index is -4.60. The van der Waals surface area contributed by atoms with E-state index in [1.54, 1.807) is 0 Å². The van der Waals surface area contributed by atoms with E-state index in [4.69, 9.17) is 34.8 Å². The zero-order chi connectivity index (χ0) is 15.8. The molecule has 0 atom stereocenters. The van der Waals surface area contributed by atoms with E-state index in [-0.39, 0.29) is 21.0 Å². The number of nitrogens with one attached hydrogen (secondary N) is 1. The van der Waals surface area contributed by atoms with Crippen LogP contribution >= 0.6 is 34.8 Å². The molecule has 0 spiro atoms. The van der Waals surface area contributed by atoms with Gasteiger partial charge in [-0.2, -0.15) is 13.2 Å². The summed E-state index contributed by atoms with van der Waals surface area (Å²) >= 11 is 17.2. The lowest BCUT2D eigenvalue weighted by molar-refractivity contribution is -0.137. The third-order valence-electron chi connectivity index (χ3n) is 2.43. The molecule has 1 aromatic heterocycles. The van der Waals surface area contributed by atoms with Gasteiger partial charge in [0.2, 0.25) is 0 Å². The van der Waals surface area contributed by atoms with Crippen LogP contribution in [0.2, 0.25) is 15.2 Å². The Labute approximate surface area is 131 Å². The predicted octanol–water partition coefficient (Wildman–Crippen LogP) is 5.94. The van der Waals surface area contributed by atoms with Crippen LogP contribution in [0.5, 0.6) is 0 Å². The lowest BCUT2D eigenvalue weighted by Crippen LogP contribution is -2.07. The number of anilines is 2. The van der Waals surface area contributed by atoms with E-state index < -0.39 is 23.2 Å². The van der Waals surface area contributed by atoms with Gasteiger partial charge in [0.05, 0.1) is 21.3 Å². The zero-order valence-electron chi connectivity index (χ0n) is 9.90. The van der Waals surface area contributed by atoms with E-state index in [1.807, 2.05) is 0 Å². The summed E-state index contributed by atoms with van der Waals surface area (Å²) in [4.78, 5) is 3.74. The highest BCUT2D eigenvalue weighted by molar-refractivity contribution is 6.43. The minimum Gasteiger partial charge on any atom is -0.337 e. The van der Waals surface area contributed by atoms with Gasteiger partial charge in [-0.3, -0.25) is 0 Å².